The fourth-order valence-corrected chi connectivity index (χ4v) is 7.97. The fourth-order valence-electron chi connectivity index (χ4n) is 6.28. The van der Waals surface area contributed by atoms with Crippen molar-refractivity contribution in [3.05, 3.63) is 77.1 Å². The summed E-state index contributed by atoms with van der Waals surface area (Å²) >= 11 is -2.77. The summed E-state index contributed by atoms with van der Waals surface area (Å²) in [5.74, 6) is 1.14. The number of likely N-dealkylation sites (N-methyl/N-ethyl adjacent to an activating group) is 1. The van der Waals surface area contributed by atoms with Gasteiger partial charge in [-0.15, -0.1) is 0 Å². The Bertz CT molecular complexity index is 1810. The summed E-state index contributed by atoms with van der Waals surface area (Å²) in [6, 6.07) is 10.1. The van der Waals surface area contributed by atoms with Gasteiger partial charge in [0.2, 0.25) is 15.9 Å². The predicted molar refractivity (Wildman–Crippen MR) is 211 cm³/mol. The highest BCUT2D eigenvalue weighted by molar-refractivity contribution is 7.89. The largest absolute Gasteiger partial charge is 0.768 e. The first kappa shape index (κ1) is 44.3. The Morgan fingerprint density at radius 3 is 2.07 bits per heavy atom. The second-order valence-electron chi connectivity index (χ2n) is 12.5. The van der Waals surface area contributed by atoms with Crippen LogP contribution in [0.3, 0.4) is 0 Å². The molecule has 55 heavy (non-hydrogen) atoms. The Kier molecular flexibility index (Phi) is 18.0. The van der Waals surface area contributed by atoms with Crippen LogP contribution in [0.5, 0.6) is 5.75 Å². The standard InChI is InChI=1S/C39H56N4O10S2/c1-6-42(7-2)29-10-13-32-35(26-29)53-36-27-30(43(8-3)9-4)11-14-33(36)39(32)34-15-12-31(28-37(34)54(45)46)55(47,48)41-17-19-50-21-23-52-25-24-51-22-20-49-18-16-38(44)40-5/h10-15,26-29,41H,6-9,16-25H2,1-5H3,(H,40,44)(H,45,46)/p-1. The van der Waals surface area contributed by atoms with E-state index in [2.05, 4.69) is 53.6 Å². The number of sulfonamides is 1. The number of allylic oxidation sites excluding steroid dienone is 1. The van der Waals surface area contributed by atoms with Crippen molar-refractivity contribution in [2.75, 3.05) is 97.5 Å². The Balaban J connectivity index is 1.40. The molecule has 2 aromatic rings. The van der Waals surface area contributed by atoms with Crippen LogP contribution in [-0.4, -0.2) is 127 Å². The van der Waals surface area contributed by atoms with Gasteiger partial charge in [0.25, 0.3) is 0 Å². The zero-order chi connectivity index (χ0) is 39.8. The van der Waals surface area contributed by atoms with Crippen LogP contribution in [0.4, 0.5) is 5.69 Å². The second kappa shape index (κ2) is 22.3. The number of hydrogen-bond donors (Lipinski definition) is 2. The summed E-state index contributed by atoms with van der Waals surface area (Å²) in [5, 5.41) is 2.53. The van der Waals surface area contributed by atoms with Crippen molar-refractivity contribution in [1.82, 2.24) is 14.9 Å². The van der Waals surface area contributed by atoms with Crippen LogP contribution in [-0.2, 0) is 44.8 Å². The minimum atomic E-state index is -4.07. The van der Waals surface area contributed by atoms with Crippen molar-refractivity contribution in [3.63, 3.8) is 0 Å². The van der Waals surface area contributed by atoms with Crippen molar-refractivity contribution in [1.29, 1.82) is 0 Å². The molecule has 1 aliphatic carbocycles. The molecule has 2 aliphatic rings. The minimum absolute atomic E-state index is 0.00404. The van der Waals surface area contributed by atoms with Crippen LogP contribution in [0.25, 0.3) is 5.57 Å². The van der Waals surface area contributed by atoms with Crippen LogP contribution in [0.15, 0.2) is 75.7 Å². The number of amides is 1. The molecule has 1 amide bonds. The van der Waals surface area contributed by atoms with E-state index in [0.717, 1.165) is 37.4 Å². The Hall–Kier alpha value is -3.45. The predicted octanol–water partition coefficient (Wildman–Crippen LogP) is 3.61. The van der Waals surface area contributed by atoms with Crippen LogP contribution in [0.1, 0.15) is 45.2 Å². The highest BCUT2D eigenvalue weighted by Gasteiger charge is 2.30. The lowest BCUT2D eigenvalue weighted by Gasteiger charge is -2.33. The first-order valence-electron chi connectivity index (χ1n) is 18.8. The molecule has 2 aromatic carbocycles. The van der Waals surface area contributed by atoms with Crippen molar-refractivity contribution < 1.29 is 45.7 Å². The number of hydrogen-bond acceptors (Lipinski definition) is 12. The number of benzene rings is 2. The van der Waals surface area contributed by atoms with E-state index < -0.39 is 21.1 Å². The minimum Gasteiger partial charge on any atom is -0.768 e. The maximum absolute atomic E-state index is 13.3. The molecule has 14 nitrogen and oxygen atoms in total. The van der Waals surface area contributed by atoms with Gasteiger partial charge >= 0.3 is 0 Å². The average molecular weight is 804 g/mol. The zero-order valence-corrected chi connectivity index (χ0v) is 34.1. The Labute approximate surface area is 328 Å². The Morgan fingerprint density at radius 1 is 0.855 bits per heavy atom. The van der Waals surface area contributed by atoms with Crippen molar-refractivity contribution in [2.24, 2.45) is 0 Å². The van der Waals surface area contributed by atoms with E-state index in [1.165, 1.54) is 12.1 Å². The van der Waals surface area contributed by atoms with Gasteiger partial charge in [-0.05, 0) is 73.9 Å². The van der Waals surface area contributed by atoms with Gasteiger partial charge in [-0.2, -0.15) is 0 Å². The maximum Gasteiger partial charge on any atom is 0.240 e. The van der Waals surface area contributed by atoms with E-state index in [0.29, 0.717) is 74.3 Å². The molecule has 0 aromatic heterocycles. The first-order valence-corrected chi connectivity index (χ1v) is 21.3. The molecule has 0 spiro atoms. The zero-order valence-electron chi connectivity index (χ0n) is 32.5. The highest BCUT2D eigenvalue weighted by Crippen LogP contribution is 2.46. The first-order chi connectivity index (χ1) is 26.6. The van der Waals surface area contributed by atoms with E-state index in [1.54, 1.807) is 13.1 Å². The van der Waals surface area contributed by atoms with E-state index in [9.17, 15) is 22.0 Å². The topological polar surface area (TPSA) is 168 Å². The monoisotopic (exact) mass is 803 g/mol. The van der Waals surface area contributed by atoms with Gasteiger partial charge in [0.15, 0.2) is 0 Å². The van der Waals surface area contributed by atoms with Crippen molar-refractivity contribution >= 4 is 38.3 Å². The summed E-state index contributed by atoms with van der Waals surface area (Å²) in [7, 11) is -2.50. The van der Waals surface area contributed by atoms with E-state index >= 15 is 0 Å². The van der Waals surface area contributed by atoms with Crippen LogP contribution in [0.2, 0.25) is 0 Å². The SMILES string of the molecule is CCN(CC)c1ccc2c(c1)OC1=CC(N(CC)CC)C=CC1=C2c1ccc(S(=O)(=O)NCCOCCOCCOCCOCCC(=O)NC)cc1S(=O)[O-]. The van der Waals surface area contributed by atoms with Crippen molar-refractivity contribution in [3.8, 4) is 5.75 Å². The van der Waals surface area contributed by atoms with E-state index in [1.807, 2.05) is 30.4 Å². The number of fused-ring (bicyclic) bond motifs is 2. The summed E-state index contributed by atoms with van der Waals surface area (Å²) in [4.78, 5) is 15.3. The lowest BCUT2D eigenvalue weighted by atomic mass is 9.86. The number of rotatable bonds is 25. The lowest BCUT2D eigenvalue weighted by molar-refractivity contribution is -0.121. The van der Waals surface area contributed by atoms with Crippen LogP contribution in [0, 0.1) is 0 Å². The second-order valence-corrected chi connectivity index (χ2v) is 15.2. The molecule has 0 saturated heterocycles. The van der Waals surface area contributed by atoms with Gasteiger partial charge < -0.3 is 38.5 Å². The molecule has 0 fully saturated rings. The third-order valence-corrected chi connectivity index (χ3v) is 11.4. The number of carbonyl (C=O) groups excluding carboxylic acids is 1. The maximum atomic E-state index is 13.3. The summed E-state index contributed by atoms with van der Waals surface area (Å²) < 4.78 is 83.0. The lowest BCUT2D eigenvalue weighted by Crippen LogP contribution is -2.34. The molecule has 2 N–H and O–H groups in total. The normalized spacial score (nSPS) is 15.7. The van der Waals surface area contributed by atoms with E-state index in [-0.39, 0.29) is 41.5 Å². The number of carbonyl (C=O) groups is 1. The molecular weight excluding hydrogens is 749 g/mol. The molecule has 0 bridgehead atoms. The molecule has 2 atom stereocenters. The highest BCUT2D eigenvalue weighted by atomic mass is 32.2. The summed E-state index contributed by atoms with van der Waals surface area (Å²) in [6.07, 6.45) is 6.39. The van der Waals surface area contributed by atoms with E-state index in [4.69, 9.17) is 23.7 Å². The molecule has 0 radical (unpaired) electrons. The molecule has 16 heteroatoms. The van der Waals surface area contributed by atoms with Crippen LogP contribution < -0.4 is 19.7 Å². The number of anilines is 1. The average Bonchev–Trinajstić information content (AvgIpc) is 3.18. The molecule has 1 aliphatic heterocycles. The molecular formula is C39H55N4O10S2-. The Morgan fingerprint density at radius 2 is 1.47 bits per heavy atom. The number of nitrogens with one attached hydrogen (secondary N) is 2. The quantitative estimate of drug-likeness (QED) is 0.111. The molecule has 304 valence electrons. The summed E-state index contributed by atoms with van der Waals surface area (Å²) in [5.41, 5.74) is 3.44. The third-order valence-electron chi connectivity index (χ3n) is 9.25. The van der Waals surface area contributed by atoms with Gasteiger partial charge in [0, 0.05) is 66.5 Å². The molecule has 1 heterocycles. The van der Waals surface area contributed by atoms with Gasteiger partial charge in [-0.1, -0.05) is 32.1 Å². The van der Waals surface area contributed by atoms with Gasteiger partial charge in [-0.25, -0.2) is 13.1 Å². The number of ether oxygens (including phenoxy) is 5. The van der Waals surface area contributed by atoms with Gasteiger partial charge in [0.1, 0.15) is 11.5 Å². The summed E-state index contributed by atoms with van der Waals surface area (Å²) in [6.45, 7) is 14.1. The fraction of sp³-hybridized carbons (Fsp3) is 0.513. The molecule has 0 saturated carbocycles. The van der Waals surface area contributed by atoms with Gasteiger partial charge in [-0.3, -0.25) is 13.9 Å². The molecule has 4 rings (SSSR count). The van der Waals surface area contributed by atoms with Crippen molar-refractivity contribution in [2.45, 2.75) is 49.9 Å². The van der Waals surface area contributed by atoms with Gasteiger partial charge in [0.05, 0.1) is 63.8 Å². The smallest absolute Gasteiger partial charge is 0.240 e. The molecule has 2 unspecified atom stereocenters. The van der Waals surface area contributed by atoms with Crippen LogP contribution >= 0.6 is 0 Å². The third kappa shape index (κ3) is 12.3. The number of nitrogens with zero attached hydrogens (tertiary/aromatic N) is 2.